The van der Waals surface area contributed by atoms with Crippen molar-refractivity contribution in [3.63, 3.8) is 0 Å². The quantitative estimate of drug-likeness (QED) is 0.494. The molecule has 186 valence electrons. The lowest BCUT2D eigenvalue weighted by molar-refractivity contribution is -0.133. The summed E-state index contributed by atoms with van der Waals surface area (Å²) < 4.78 is 41.9. The number of carbonyl (C=O) groups is 1. The number of hydrogen-bond donors (Lipinski definition) is 0. The zero-order chi connectivity index (χ0) is 25.4. The van der Waals surface area contributed by atoms with Gasteiger partial charge in [0.05, 0.1) is 23.0 Å². The lowest BCUT2D eigenvalue weighted by Crippen LogP contribution is -2.61. The molecule has 2 unspecified atom stereocenters. The number of nitriles is 1. The third-order valence-electron chi connectivity index (χ3n) is 6.88. The molecular weight excluding hydrogens is 487 g/mol. The summed E-state index contributed by atoms with van der Waals surface area (Å²) in [5.41, 5.74) is 1.43. The van der Waals surface area contributed by atoms with Gasteiger partial charge in [-0.2, -0.15) is 9.94 Å². The Kier molecular flexibility index (Phi) is 6.23. The Balaban J connectivity index is 1.26. The number of carbonyl (C=O) groups excluding carboxylic acids is 1. The average Bonchev–Trinajstić information content (AvgIpc) is 3.39. The maximum Gasteiger partial charge on any atom is 0.227 e. The van der Waals surface area contributed by atoms with Crippen molar-refractivity contribution in [2.45, 2.75) is 24.6 Å². The van der Waals surface area contributed by atoms with Crippen LogP contribution in [0.15, 0.2) is 36.8 Å². The topological polar surface area (TPSA) is 138 Å². The summed E-state index contributed by atoms with van der Waals surface area (Å²) in [6.07, 6.45) is 3.17. The van der Waals surface area contributed by atoms with E-state index in [1.807, 2.05) is 6.07 Å². The van der Waals surface area contributed by atoms with Gasteiger partial charge < -0.3 is 4.90 Å². The highest BCUT2D eigenvalue weighted by atomic mass is 32.2. The van der Waals surface area contributed by atoms with Gasteiger partial charge in [-0.1, -0.05) is 12.1 Å². The highest BCUT2D eigenvalue weighted by molar-refractivity contribution is 7.91. The molecule has 4 heterocycles. The summed E-state index contributed by atoms with van der Waals surface area (Å²) in [6, 6.07) is 7.64. The fourth-order valence-electron chi connectivity index (χ4n) is 4.91. The second-order valence-electron chi connectivity index (χ2n) is 9.01. The Labute approximate surface area is 207 Å². The number of benzene rings is 1. The third kappa shape index (κ3) is 4.45. The maximum absolute atomic E-state index is 14.0. The molecule has 2 aliphatic rings. The lowest BCUT2D eigenvalue weighted by Gasteiger charge is -2.46. The van der Waals surface area contributed by atoms with Crippen LogP contribution in [0, 0.1) is 24.1 Å². The van der Waals surface area contributed by atoms with Crippen LogP contribution in [0.4, 0.5) is 4.39 Å². The molecule has 2 aliphatic heterocycles. The first kappa shape index (κ1) is 24.0. The molecule has 13 heteroatoms. The van der Waals surface area contributed by atoms with Crippen LogP contribution in [-0.2, 0) is 21.1 Å². The summed E-state index contributed by atoms with van der Waals surface area (Å²) in [4.78, 5) is 21.0. The number of hydrogen-bond acceptors (Lipinski definition) is 9. The average molecular weight is 511 g/mol. The molecule has 2 atom stereocenters. The molecule has 1 amide bonds. The van der Waals surface area contributed by atoms with E-state index in [-0.39, 0.29) is 36.2 Å². The number of nitrogens with zero attached hydrogens (tertiary/aromatic N) is 8. The predicted molar refractivity (Wildman–Crippen MR) is 125 cm³/mol. The van der Waals surface area contributed by atoms with Crippen LogP contribution in [0.2, 0.25) is 0 Å². The number of fused-ring (bicyclic) bond motifs is 1. The maximum atomic E-state index is 14.0. The van der Waals surface area contributed by atoms with E-state index in [0.717, 1.165) is 11.6 Å². The van der Waals surface area contributed by atoms with E-state index in [2.05, 4.69) is 25.4 Å². The normalized spacial score (nSPS) is 21.5. The molecule has 2 saturated heterocycles. The van der Waals surface area contributed by atoms with E-state index in [0.29, 0.717) is 36.6 Å². The number of halogens is 1. The molecule has 0 aliphatic carbocycles. The number of rotatable bonds is 4. The largest absolute Gasteiger partial charge is 0.340 e. The molecule has 0 bridgehead atoms. The molecule has 0 radical (unpaired) electrons. The van der Waals surface area contributed by atoms with Gasteiger partial charge in [-0.25, -0.2) is 17.8 Å². The number of pyridine rings is 1. The Hall–Kier alpha value is -3.76. The minimum atomic E-state index is -3.58. The molecule has 1 aromatic carbocycles. The van der Waals surface area contributed by atoms with Crippen LogP contribution in [0.1, 0.15) is 27.5 Å². The van der Waals surface area contributed by atoms with Gasteiger partial charge in [0.25, 0.3) is 0 Å². The highest BCUT2D eigenvalue weighted by Crippen LogP contribution is 2.35. The van der Waals surface area contributed by atoms with Crippen molar-refractivity contribution in [1.29, 1.82) is 5.26 Å². The molecule has 0 saturated carbocycles. The zero-order valence-corrected chi connectivity index (χ0v) is 20.3. The van der Waals surface area contributed by atoms with Gasteiger partial charge in [0.2, 0.25) is 5.91 Å². The molecular formula is C23H23FN8O3S. The van der Waals surface area contributed by atoms with Crippen molar-refractivity contribution in [1.82, 2.24) is 35.0 Å². The van der Waals surface area contributed by atoms with Gasteiger partial charge >= 0.3 is 0 Å². The van der Waals surface area contributed by atoms with Gasteiger partial charge in [0.1, 0.15) is 18.2 Å². The molecule has 11 nitrogen and oxygen atoms in total. The van der Waals surface area contributed by atoms with E-state index in [1.165, 1.54) is 17.1 Å². The summed E-state index contributed by atoms with van der Waals surface area (Å²) in [5.74, 6) is -0.330. The molecule has 3 aromatic rings. The van der Waals surface area contributed by atoms with Crippen LogP contribution < -0.4 is 0 Å². The van der Waals surface area contributed by atoms with Crippen LogP contribution in [0.25, 0.3) is 5.82 Å². The van der Waals surface area contributed by atoms with Gasteiger partial charge in [-0.3, -0.25) is 9.69 Å². The van der Waals surface area contributed by atoms with Gasteiger partial charge in [0.15, 0.2) is 15.7 Å². The molecule has 0 spiro atoms. The smallest absolute Gasteiger partial charge is 0.227 e. The van der Waals surface area contributed by atoms with Crippen LogP contribution in [0.5, 0.6) is 0 Å². The SMILES string of the molecule is Cc1c(C2CN3CCN(C(=O)Cc4ccc(-n5cnnn5)nc4)CC3CS2(=O)=O)ccc(F)c1C#N. The first-order valence-corrected chi connectivity index (χ1v) is 13.1. The number of piperazine rings is 1. The Morgan fingerprint density at radius 3 is 2.75 bits per heavy atom. The monoisotopic (exact) mass is 510 g/mol. The van der Waals surface area contributed by atoms with Crippen molar-refractivity contribution in [3.05, 3.63) is 64.9 Å². The molecule has 2 aromatic heterocycles. The van der Waals surface area contributed by atoms with E-state index >= 15 is 0 Å². The fourth-order valence-corrected chi connectivity index (χ4v) is 7.06. The second kappa shape index (κ2) is 9.36. The third-order valence-corrected chi connectivity index (χ3v) is 9.00. The highest BCUT2D eigenvalue weighted by Gasteiger charge is 2.43. The number of aromatic nitrogens is 5. The van der Waals surface area contributed by atoms with Gasteiger partial charge in [-0.05, 0) is 46.2 Å². The van der Waals surface area contributed by atoms with Gasteiger partial charge in [0, 0.05) is 38.4 Å². The van der Waals surface area contributed by atoms with Crippen LogP contribution in [-0.4, -0.2) is 87.3 Å². The zero-order valence-electron chi connectivity index (χ0n) is 19.5. The Bertz CT molecular complexity index is 1440. The molecule has 0 N–H and O–H groups in total. The summed E-state index contributed by atoms with van der Waals surface area (Å²) in [6.45, 7) is 3.15. The van der Waals surface area contributed by atoms with E-state index in [4.69, 9.17) is 0 Å². The lowest BCUT2D eigenvalue weighted by atomic mass is 9.99. The summed E-state index contributed by atoms with van der Waals surface area (Å²) >= 11 is 0. The number of amides is 1. The first-order valence-electron chi connectivity index (χ1n) is 11.4. The Morgan fingerprint density at radius 1 is 1.22 bits per heavy atom. The predicted octanol–water partition coefficient (Wildman–Crippen LogP) is 0.602. The van der Waals surface area contributed by atoms with Crippen molar-refractivity contribution in [2.24, 2.45) is 0 Å². The molecule has 36 heavy (non-hydrogen) atoms. The van der Waals surface area contributed by atoms with E-state index in [9.17, 15) is 22.9 Å². The van der Waals surface area contributed by atoms with Crippen LogP contribution >= 0.6 is 0 Å². The molecule has 5 rings (SSSR count). The second-order valence-corrected chi connectivity index (χ2v) is 11.2. The van der Waals surface area contributed by atoms with Crippen molar-refractivity contribution < 1.29 is 17.6 Å². The van der Waals surface area contributed by atoms with Crippen molar-refractivity contribution in [2.75, 3.05) is 31.9 Å². The minimum Gasteiger partial charge on any atom is -0.340 e. The number of tetrazole rings is 1. The van der Waals surface area contributed by atoms with E-state index < -0.39 is 20.9 Å². The van der Waals surface area contributed by atoms with Crippen LogP contribution in [0.3, 0.4) is 0 Å². The summed E-state index contributed by atoms with van der Waals surface area (Å²) in [7, 11) is -3.58. The van der Waals surface area contributed by atoms with Crippen molar-refractivity contribution in [3.8, 4) is 11.9 Å². The standard InChI is InChI=1S/C23H23FN8O3S/c1-15-18(3-4-20(24)19(15)9-25)21-12-30-6-7-31(11-17(30)13-36(21,34)35)23(33)8-16-2-5-22(26-10-16)32-14-27-28-29-32/h2-5,10,14,17,21H,6-8,11-13H2,1H3. The Morgan fingerprint density at radius 2 is 2.06 bits per heavy atom. The first-order chi connectivity index (χ1) is 17.3. The van der Waals surface area contributed by atoms with Gasteiger partial charge in [-0.15, -0.1) is 5.10 Å². The minimum absolute atomic E-state index is 0.0980. The molecule has 2 fully saturated rings. The van der Waals surface area contributed by atoms with E-state index in [1.54, 1.807) is 30.2 Å². The number of sulfone groups is 1. The van der Waals surface area contributed by atoms with Crippen molar-refractivity contribution >= 4 is 15.7 Å². The summed E-state index contributed by atoms with van der Waals surface area (Å²) in [5, 5.41) is 19.4. The fraction of sp³-hybridized carbons (Fsp3) is 0.391.